The number of ether oxygens (including phenoxy) is 1. The molecule has 0 fully saturated rings. The third-order valence-corrected chi connectivity index (χ3v) is 1.43. The van der Waals surface area contributed by atoms with Gasteiger partial charge in [0.25, 0.3) is 5.56 Å². The Morgan fingerprint density at radius 1 is 1.75 bits per heavy atom. The number of halogens is 1. The highest BCUT2D eigenvalue weighted by molar-refractivity contribution is 6.31. The first-order valence-electron chi connectivity index (χ1n) is 3.22. The minimum atomic E-state index is -0.459. The van der Waals surface area contributed by atoms with Crippen LogP contribution in [0.3, 0.4) is 0 Å². The van der Waals surface area contributed by atoms with Crippen molar-refractivity contribution in [3.05, 3.63) is 21.7 Å². The van der Waals surface area contributed by atoms with Crippen LogP contribution < -0.4 is 10.3 Å². The lowest BCUT2D eigenvalue weighted by atomic mass is 10.6. The van der Waals surface area contributed by atoms with E-state index in [0.29, 0.717) is 0 Å². The van der Waals surface area contributed by atoms with Crippen LogP contribution in [0.15, 0.2) is 11.1 Å². The number of aromatic amines is 1. The zero-order chi connectivity index (χ0) is 8.97. The summed E-state index contributed by atoms with van der Waals surface area (Å²) >= 11 is 5.52. The molecule has 0 spiro atoms. The maximum Gasteiger partial charge on any atom is 0.273 e. The molecule has 66 valence electrons. The third-order valence-electron chi connectivity index (χ3n) is 1.09. The van der Waals surface area contributed by atoms with Crippen molar-refractivity contribution in [3.8, 4) is 5.88 Å². The van der Waals surface area contributed by atoms with Crippen LogP contribution in [0.2, 0.25) is 5.02 Å². The van der Waals surface area contributed by atoms with Gasteiger partial charge < -0.3 is 14.8 Å². The molecule has 0 aromatic carbocycles. The van der Waals surface area contributed by atoms with Crippen molar-refractivity contribution in [3.63, 3.8) is 0 Å². The maximum absolute atomic E-state index is 10.8. The highest BCUT2D eigenvalue weighted by Gasteiger charge is 2.05. The molecule has 0 unspecified atom stereocenters. The molecular weight excluding hydrogens is 184 g/mol. The summed E-state index contributed by atoms with van der Waals surface area (Å²) in [7, 11) is 0. The van der Waals surface area contributed by atoms with Gasteiger partial charge in [0.05, 0.1) is 12.9 Å². The number of hydrogen-bond donors (Lipinski definition) is 2. The largest absolute Gasteiger partial charge is 0.474 e. The SMILES string of the molecule is O=c1[nH]cnc(OCCO)c1Cl. The molecule has 0 amide bonds. The van der Waals surface area contributed by atoms with Crippen molar-refractivity contribution in [2.75, 3.05) is 13.2 Å². The van der Waals surface area contributed by atoms with Crippen molar-refractivity contribution in [1.82, 2.24) is 9.97 Å². The van der Waals surface area contributed by atoms with Gasteiger partial charge in [-0.1, -0.05) is 11.6 Å². The van der Waals surface area contributed by atoms with Crippen LogP contribution in [0, 0.1) is 0 Å². The Kier molecular flexibility index (Phi) is 3.07. The Morgan fingerprint density at radius 2 is 2.50 bits per heavy atom. The maximum atomic E-state index is 10.8. The molecule has 0 aliphatic carbocycles. The van der Waals surface area contributed by atoms with E-state index < -0.39 is 5.56 Å². The molecule has 12 heavy (non-hydrogen) atoms. The summed E-state index contributed by atoms with van der Waals surface area (Å²) in [6.07, 6.45) is 1.18. The molecule has 0 radical (unpaired) electrons. The van der Waals surface area contributed by atoms with Gasteiger partial charge in [-0.2, -0.15) is 0 Å². The molecule has 1 heterocycles. The van der Waals surface area contributed by atoms with Crippen molar-refractivity contribution in [1.29, 1.82) is 0 Å². The van der Waals surface area contributed by atoms with Gasteiger partial charge in [-0.15, -0.1) is 0 Å². The van der Waals surface area contributed by atoms with E-state index in [-0.39, 0.29) is 24.1 Å². The van der Waals surface area contributed by atoms with Gasteiger partial charge in [0.1, 0.15) is 6.61 Å². The van der Waals surface area contributed by atoms with E-state index in [4.69, 9.17) is 21.4 Å². The number of hydrogen-bond acceptors (Lipinski definition) is 4. The number of aliphatic hydroxyl groups is 1. The number of nitrogens with zero attached hydrogens (tertiary/aromatic N) is 1. The van der Waals surface area contributed by atoms with Gasteiger partial charge in [-0.3, -0.25) is 4.79 Å². The zero-order valence-electron chi connectivity index (χ0n) is 6.08. The van der Waals surface area contributed by atoms with E-state index in [1.807, 2.05) is 0 Å². The third kappa shape index (κ3) is 1.96. The summed E-state index contributed by atoms with van der Waals surface area (Å²) < 4.78 is 4.85. The molecule has 2 N–H and O–H groups in total. The van der Waals surface area contributed by atoms with Crippen LogP contribution in [-0.4, -0.2) is 28.3 Å². The number of rotatable bonds is 3. The average Bonchev–Trinajstić information content (AvgIpc) is 2.08. The van der Waals surface area contributed by atoms with Crippen LogP contribution >= 0.6 is 11.6 Å². The molecule has 0 atom stereocenters. The molecular formula is C6H7ClN2O3. The van der Waals surface area contributed by atoms with Gasteiger partial charge in [0, 0.05) is 0 Å². The Morgan fingerprint density at radius 3 is 3.17 bits per heavy atom. The molecule has 0 aliphatic heterocycles. The average molecular weight is 191 g/mol. The summed E-state index contributed by atoms with van der Waals surface area (Å²) in [6.45, 7) is -0.0824. The molecule has 6 heteroatoms. The topological polar surface area (TPSA) is 75.2 Å². The predicted molar refractivity (Wildman–Crippen MR) is 42.4 cm³/mol. The first-order valence-corrected chi connectivity index (χ1v) is 3.60. The standard InChI is InChI=1S/C6H7ClN2O3/c7-4-5(11)8-3-9-6(4)12-2-1-10/h3,10H,1-2H2,(H,8,9,11). The Hall–Kier alpha value is -1.07. The van der Waals surface area contributed by atoms with E-state index >= 15 is 0 Å². The Labute approximate surface area is 73.0 Å². The summed E-state index contributed by atoms with van der Waals surface area (Å²) in [5, 5.41) is 8.30. The minimum absolute atomic E-state index is 0.0365. The fourth-order valence-electron chi connectivity index (χ4n) is 0.610. The fraction of sp³-hybridized carbons (Fsp3) is 0.333. The first-order chi connectivity index (χ1) is 5.75. The van der Waals surface area contributed by atoms with Gasteiger partial charge in [0.2, 0.25) is 5.88 Å². The van der Waals surface area contributed by atoms with Crippen LogP contribution in [-0.2, 0) is 0 Å². The van der Waals surface area contributed by atoms with Gasteiger partial charge in [-0.25, -0.2) is 4.98 Å². The second-order valence-electron chi connectivity index (χ2n) is 1.92. The highest BCUT2D eigenvalue weighted by Crippen LogP contribution is 2.14. The summed E-state index contributed by atoms with van der Waals surface area (Å²) in [4.78, 5) is 16.8. The minimum Gasteiger partial charge on any atom is -0.474 e. The van der Waals surface area contributed by atoms with Crippen LogP contribution in [0.5, 0.6) is 5.88 Å². The van der Waals surface area contributed by atoms with E-state index in [1.54, 1.807) is 0 Å². The molecule has 0 saturated carbocycles. The Bertz CT molecular complexity index is 312. The van der Waals surface area contributed by atoms with Gasteiger partial charge >= 0.3 is 0 Å². The number of H-pyrrole nitrogens is 1. The Balaban J connectivity index is 2.85. The molecule has 0 aliphatic rings. The number of nitrogens with one attached hydrogen (secondary N) is 1. The van der Waals surface area contributed by atoms with E-state index in [0.717, 1.165) is 0 Å². The number of aromatic nitrogens is 2. The molecule has 1 rings (SSSR count). The van der Waals surface area contributed by atoms with Gasteiger partial charge in [-0.05, 0) is 0 Å². The molecule has 5 nitrogen and oxygen atoms in total. The van der Waals surface area contributed by atoms with Crippen molar-refractivity contribution < 1.29 is 9.84 Å². The smallest absolute Gasteiger partial charge is 0.273 e. The lowest BCUT2D eigenvalue weighted by molar-refractivity contribution is 0.196. The monoisotopic (exact) mass is 190 g/mol. The van der Waals surface area contributed by atoms with Crippen molar-refractivity contribution in [2.24, 2.45) is 0 Å². The summed E-state index contributed by atoms with van der Waals surface area (Å²) in [6, 6.07) is 0. The highest BCUT2D eigenvalue weighted by atomic mass is 35.5. The lowest BCUT2D eigenvalue weighted by Gasteiger charge is -2.02. The summed E-state index contributed by atoms with van der Waals surface area (Å²) in [5.41, 5.74) is -0.459. The van der Waals surface area contributed by atoms with Crippen molar-refractivity contribution >= 4 is 11.6 Å². The first kappa shape index (κ1) is 9.02. The van der Waals surface area contributed by atoms with Gasteiger partial charge in [0.15, 0.2) is 5.02 Å². The number of aliphatic hydroxyl groups excluding tert-OH is 1. The molecule has 1 aromatic heterocycles. The van der Waals surface area contributed by atoms with E-state index in [1.165, 1.54) is 6.33 Å². The zero-order valence-corrected chi connectivity index (χ0v) is 6.84. The van der Waals surface area contributed by atoms with E-state index in [9.17, 15) is 4.79 Å². The van der Waals surface area contributed by atoms with Crippen LogP contribution in [0.4, 0.5) is 0 Å². The molecule has 1 aromatic rings. The van der Waals surface area contributed by atoms with Crippen LogP contribution in [0.25, 0.3) is 0 Å². The van der Waals surface area contributed by atoms with E-state index in [2.05, 4.69) is 9.97 Å². The predicted octanol–water partition coefficient (Wildman–Crippen LogP) is -0.206. The molecule has 0 saturated heterocycles. The fourth-order valence-corrected chi connectivity index (χ4v) is 0.768. The molecule has 0 bridgehead atoms. The summed E-state index contributed by atoms with van der Waals surface area (Å²) in [5.74, 6) is 0.0365. The second-order valence-corrected chi connectivity index (χ2v) is 2.30. The second kappa shape index (κ2) is 4.08. The van der Waals surface area contributed by atoms with Crippen molar-refractivity contribution in [2.45, 2.75) is 0 Å². The lowest BCUT2D eigenvalue weighted by Crippen LogP contribution is -2.11. The quantitative estimate of drug-likeness (QED) is 0.692. The van der Waals surface area contributed by atoms with Crippen LogP contribution in [0.1, 0.15) is 0 Å². The normalized spacial score (nSPS) is 9.83.